The zero-order valence-electron chi connectivity index (χ0n) is 16.5. The molecule has 6 heteroatoms. The predicted molar refractivity (Wildman–Crippen MR) is 107 cm³/mol. The highest BCUT2D eigenvalue weighted by Gasteiger charge is 2.30. The maximum absolute atomic E-state index is 12.6. The number of hydrogen-bond donors (Lipinski definition) is 2. The summed E-state index contributed by atoms with van der Waals surface area (Å²) < 4.78 is 11.2. The quantitative estimate of drug-likeness (QED) is 0.706. The standard InChI is InChI=1S/C21H29N3O3/c1-21(22,17-8-6-5-7-9-17)20(25)23-15-16-10-11-18(19(14-16)26-4)27-13-12-24(2)3/h5-11,14H,12-13,15,22H2,1-4H3,(H,23,25). The van der Waals surface area contributed by atoms with E-state index in [-0.39, 0.29) is 5.91 Å². The Morgan fingerprint density at radius 2 is 1.85 bits per heavy atom. The van der Waals surface area contributed by atoms with Crippen molar-refractivity contribution in [2.24, 2.45) is 5.73 Å². The van der Waals surface area contributed by atoms with Crippen molar-refractivity contribution >= 4 is 5.91 Å². The lowest BCUT2D eigenvalue weighted by atomic mass is 9.92. The van der Waals surface area contributed by atoms with Crippen molar-refractivity contribution in [3.63, 3.8) is 0 Å². The van der Waals surface area contributed by atoms with Crippen molar-refractivity contribution < 1.29 is 14.3 Å². The number of likely N-dealkylation sites (N-methyl/N-ethyl adjacent to an activating group) is 1. The monoisotopic (exact) mass is 371 g/mol. The molecule has 0 bridgehead atoms. The van der Waals surface area contributed by atoms with Crippen LogP contribution in [0.25, 0.3) is 0 Å². The first-order chi connectivity index (χ1) is 12.8. The second-order valence-electron chi connectivity index (χ2n) is 6.89. The van der Waals surface area contributed by atoms with Gasteiger partial charge in [-0.15, -0.1) is 0 Å². The van der Waals surface area contributed by atoms with E-state index in [1.807, 2.05) is 67.5 Å². The average molecular weight is 371 g/mol. The summed E-state index contributed by atoms with van der Waals surface area (Å²) >= 11 is 0. The van der Waals surface area contributed by atoms with Crippen molar-refractivity contribution in [1.82, 2.24) is 10.2 Å². The first-order valence-electron chi connectivity index (χ1n) is 8.91. The summed E-state index contributed by atoms with van der Waals surface area (Å²) in [4.78, 5) is 14.6. The Hall–Kier alpha value is -2.57. The number of benzene rings is 2. The Bertz CT molecular complexity index is 746. The van der Waals surface area contributed by atoms with Crippen LogP contribution in [-0.2, 0) is 16.9 Å². The van der Waals surface area contributed by atoms with Crippen LogP contribution in [0.5, 0.6) is 11.5 Å². The Balaban J connectivity index is 2.00. The van der Waals surface area contributed by atoms with E-state index in [9.17, 15) is 4.79 Å². The third-order valence-corrected chi connectivity index (χ3v) is 4.32. The number of rotatable bonds is 9. The van der Waals surface area contributed by atoms with Gasteiger partial charge in [-0.05, 0) is 44.3 Å². The number of ether oxygens (including phenoxy) is 2. The number of carbonyl (C=O) groups excluding carboxylic acids is 1. The van der Waals surface area contributed by atoms with Gasteiger partial charge in [0.05, 0.1) is 7.11 Å². The van der Waals surface area contributed by atoms with E-state index in [0.29, 0.717) is 24.7 Å². The van der Waals surface area contributed by atoms with Crippen molar-refractivity contribution in [3.8, 4) is 11.5 Å². The van der Waals surface area contributed by atoms with Crippen molar-refractivity contribution in [1.29, 1.82) is 0 Å². The topological polar surface area (TPSA) is 76.8 Å². The lowest BCUT2D eigenvalue weighted by molar-refractivity contribution is -0.126. The van der Waals surface area contributed by atoms with Crippen LogP contribution < -0.4 is 20.5 Å². The zero-order valence-corrected chi connectivity index (χ0v) is 16.5. The Kier molecular flexibility index (Phi) is 7.21. The van der Waals surface area contributed by atoms with Gasteiger partial charge in [0, 0.05) is 13.1 Å². The Morgan fingerprint density at radius 3 is 2.48 bits per heavy atom. The van der Waals surface area contributed by atoms with E-state index in [1.54, 1.807) is 14.0 Å². The molecule has 0 saturated carbocycles. The van der Waals surface area contributed by atoms with Crippen LogP contribution in [0.4, 0.5) is 0 Å². The molecule has 1 atom stereocenters. The number of amides is 1. The molecule has 0 aliphatic carbocycles. The van der Waals surface area contributed by atoms with Gasteiger partial charge >= 0.3 is 0 Å². The molecule has 2 aromatic carbocycles. The predicted octanol–water partition coefficient (Wildman–Crippen LogP) is 2.13. The maximum atomic E-state index is 12.6. The van der Waals surface area contributed by atoms with Gasteiger partial charge in [-0.25, -0.2) is 0 Å². The summed E-state index contributed by atoms with van der Waals surface area (Å²) in [5.74, 6) is 1.08. The Labute approximate surface area is 161 Å². The van der Waals surface area contributed by atoms with Gasteiger partial charge in [-0.2, -0.15) is 0 Å². The third-order valence-electron chi connectivity index (χ3n) is 4.32. The molecule has 27 heavy (non-hydrogen) atoms. The van der Waals surface area contributed by atoms with E-state index in [4.69, 9.17) is 15.2 Å². The van der Waals surface area contributed by atoms with E-state index in [1.165, 1.54) is 0 Å². The number of carbonyl (C=O) groups is 1. The lowest BCUT2D eigenvalue weighted by Gasteiger charge is -2.24. The van der Waals surface area contributed by atoms with Crippen LogP contribution in [0, 0.1) is 0 Å². The van der Waals surface area contributed by atoms with Crippen molar-refractivity contribution in [3.05, 3.63) is 59.7 Å². The molecule has 146 valence electrons. The SMILES string of the molecule is COc1cc(CNC(=O)C(C)(N)c2ccccc2)ccc1OCCN(C)C. The number of hydrogen-bond acceptors (Lipinski definition) is 5. The molecule has 0 radical (unpaired) electrons. The molecule has 1 unspecified atom stereocenters. The van der Waals surface area contributed by atoms with Crippen molar-refractivity contribution in [2.45, 2.75) is 19.0 Å². The van der Waals surface area contributed by atoms with Crippen LogP contribution >= 0.6 is 0 Å². The van der Waals surface area contributed by atoms with Gasteiger partial charge in [0.25, 0.3) is 0 Å². The van der Waals surface area contributed by atoms with Crippen LogP contribution in [0.3, 0.4) is 0 Å². The second kappa shape index (κ2) is 9.39. The molecule has 1 amide bonds. The molecule has 0 aliphatic rings. The minimum Gasteiger partial charge on any atom is -0.493 e. The molecular formula is C21H29N3O3. The average Bonchev–Trinajstić information content (AvgIpc) is 2.67. The summed E-state index contributed by atoms with van der Waals surface area (Å²) in [6, 6.07) is 15.0. The fraction of sp³-hybridized carbons (Fsp3) is 0.381. The van der Waals surface area contributed by atoms with Crippen LogP contribution in [0.15, 0.2) is 48.5 Å². The van der Waals surface area contributed by atoms with Gasteiger partial charge in [0.1, 0.15) is 12.1 Å². The highest BCUT2D eigenvalue weighted by atomic mass is 16.5. The van der Waals surface area contributed by atoms with Gasteiger partial charge in [0.2, 0.25) is 5.91 Å². The number of nitrogens with two attached hydrogens (primary N) is 1. The lowest BCUT2D eigenvalue weighted by Crippen LogP contribution is -2.48. The fourth-order valence-corrected chi connectivity index (χ4v) is 2.56. The summed E-state index contributed by atoms with van der Waals surface area (Å²) in [6.45, 7) is 3.45. The molecule has 0 saturated heterocycles. The van der Waals surface area contributed by atoms with E-state index >= 15 is 0 Å². The molecule has 0 aromatic heterocycles. The molecular weight excluding hydrogens is 342 g/mol. The number of methoxy groups -OCH3 is 1. The zero-order chi connectivity index (χ0) is 19.9. The Morgan fingerprint density at radius 1 is 1.15 bits per heavy atom. The minimum atomic E-state index is -1.10. The highest BCUT2D eigenvalue weighted by molar-refractivity contribution is 5.86. The van der Waals surface area contributed by atoms with Gasteiger partial charge < -0.3 is 25.4 Å². The molecule has 0 aliphatic heterocycles. The van der Waals surface area contributed by atoms with Crippen LogP contribution in [-0.4, -0.2) is 45.2 Å². The fourth-order valence-electron chi connectivity index (χ4n) is 2.56. The first kappa shape index (κ1) is 20.7. The molecule has 0 spiro atoms. The molecule has 3 N–H and O–H groups in total. The molecule has 0 heterocycles. The summed E-state index contributed by atoms with van der Waals surface area (Å²) in [6.07, 6.45) is 0. The van der Waals surface area contributed by atoms with Gasteiger partial charge in [-0.1, -0.05) is 36.4 Å². The van der Waals surface area contributed by atoms with Crippen LogP contribution in [0.1, 0.15) is 18.1 Å². The minimum absolute atomic E-state index is 0.237. The summed E-state index contributed by atoms with van der Waals surface area (Å²) in [5, 5.41) is 2.90. The second-order valence-corrected chi connectivity index (χ2v) is 6.89. The smallest absolute Gasteiger partial charge is 0.244 e. The summed E-state index contributed by atoms with van der Waals surface area (Å²) in [7, 11) is 5.59. The van der Waals surface area contributed by atoms with Gasteiger partial charge in [0.15, 0.2) is 11.5 Å². The molecule has 2 rings (SSSR count). The number of nitrogens with zero attached hydrogens (tertiary/aromatic N) is 1. The third kappa shape index (κ3) is 5.70. The van der Waals surface area contributed by atoms with E-state index in [2.05, 4.69) is 5.32 Å². The normalized spacial score (nSPS) is 13.1. The van der Waals surface area contributed by atoms with Crippen molar-refractivity contribution in [2.75, 3.05) is 34.4 Å². The van der Waals surface area contributed by atoms with E-state index < -0.39 is 5.54 Å². The largest absolute Gasteiger partial charge is 0.493 e. The molecule has 0 fully saturated rings. The van der Waals surface area contributed by atoms with Gasteiger partial charge in [-0.3, -0.25) is 4.79 Å². The first-order valence-corrected chi connectivity index (χ1v) is 8.91. The van der Waals surface area contributed by atoms with E-state index in [0.717, 1.165) is 17.7 Å². The summed E-state index contributed by atoms with van der Waals surface area (Å²) in [5.41, 5.74) is 6.82. The molecule has 6 nitrogen and oxygen atoms in total. The number of nitrogens with one attached hydrogen (secondary N) is 1. The molecule has 2 aromatic rings. The van der Waals surface area contributed by atoms with Crippen LogP contribution in [0.2, 0.25) is 0 Å². The highest BCUT2D eigenvalue weighted by Crippen LogP contribution is 2.28. The maximum Gasteiger partial charge on any atom is 0.244 e.